The molecule has 11 heteroatoms. The first-order valence-electron chi connectivity index (χ1n) is 12.1. The third-order valence-corrected chi connectivity index (χ3v) is 6.10. The van der Waals surface area contributed by atoms with Crippen LogP contribution in [0.4, 0.5) is 10.2 Å². The van der Waals surface area contributed by atoms with Gasteiger partial charge in [0.25, 0.3) is 0 Å². The van der Waals surface area contributed by atoms with Crippen LogP contribution in [0.25, 0.3) is 5.70 Å². The maximum Gasteiger partial charge on any atom is 0.192 e. The molecule has 1 aromatic heterocycles. The molecule has 0 amide bonds. The Morgan fingerprint density at radius 3 is 2.74 bits per heavy atom. The summed E-state index contributed by atoms with van der Waals surface area (Å²) < 4.78 is 21.1. The van der Waals surface area contributed by atoms with E-state index in [1.54, 1.807) is 31.2 Å². The van der Waals surface area contributed by atoms with Gasteiger partial charge in [-0.3, -0.25) is 15.6 Å². The molecule has 0 saturated heterocycles. The van der Waals surface area contributed by atoms with Gasteiger partial charge in [0, 0.05) is 33.2 Å². The molecule has 39 heavy (non-hydrogen) atoms. The van der Waals surface area contributed by atoms with Crippen LogP contribution in [0, 0.1) is 11.2 Å². The summed E-state index contributed by atoms with van der Waals surface area (Å²) in [6.07, 6.45) is 8.35. The van der Waals surface area contributed by atoms with Crippen molar-refractivity contribution in [1.82, 2.24) is 10.3 Å². The van der Waals surface area contributed by atoms with E-state index in [2.05, 4.69) is 37.8 Å². The Morgan fingerprint density at radius 2 is 2.13 bits per heavy atom. The smallest absolute Gasteiger partial charge is 0.192 e. The first-order chi connectivity index (χ1) is 18.6. The number of pyridine rings is 1. The van der Waals surface area contributed by atoms with Crippen LogP contribution in [-0.2, 0) is 0 Å². The summed E-state index contributed by atoms with van der Waals surface area (Å²) in [6, 6.07) is 5.86. The molecule has 8 nitrogen and oxygen atoms in total. The molecule has 0 aliphatic heterocycles. The van der Waals surface area contributed by atoms with E-state index in [0.717, 1.165) is 5.57 Å². The molecule has 0 fully saturated rings. The highest BCUT2D eigenvalue weighted by atomic mass is 79.9. The molecular formula is C28H33BrClFN6O2. The van der Waals surface area contributed by atoms with Crippen molar-refractivity contribution in [3.8, 4) is 5.75 Å². The number of rotatable bonds is 14. The molecule has 1 aromatic carbocycles. The number of ether oxygens (including phenoxy) is 1. The second kappa shape index (κ2) is 15.8. The van der Waals surface area contributed by atoms with Crippen molar-refractivity contribution in [1.29, 1.82) is 5.41 Å². The predicted octanol–water partition coefficient (Wildman–Crippen LogP) is 6.90. The van der Waals surface area contributed by atoms with Gasteiger partial charge in [-0.2, -0.15) is 0 Å². The van der Waals surface area contributed by atoms with Gasteiger partial charge in [-0.15, -0.1) is 0 Å². The van der Waals surface area contributed by atoms with Gasteiger partial charge in [-0.1, -0.05) is 37.3 Å². The van der Waals surface area contributed by atoms with Gasteiger partial charge < -0.3 is 15.8 Å². The van der Waals surface area contributed by atoms with Gasteiger partial charge >= 0.3 is 0 Å². The number of anilines is 1. The summed E-state index contributed by atoms with van der Waals surface area (Å²) in [4.78, 5) is 8.73. The van der Waals surface area contributed by atoms with Gasteiger partial charge in [0.05, 0.1) is 18.8 Å². The maximum absolute atomic E-state index is 14.4. The average Bonchev–Trinajstić information content (AvgIpc) is 2.91. The van der Waals surface area contributed by atoms with Gasteiger partial charge in [0.2, 0.25) is 0 Å². The number of aliphatic imine (C=N–C) groups is 1. The minimum absolute atomic E-state index is 0.0978. The summed E-state index contributed by atoms with van der Waals surface area (Å²) in [6.45, 7) is 10.1. The number of allylic oxidation sites excluding steroid dienone is 3. The van der Waals surface area contributed by atoms with Crippen LogP contribution in [0.1, 0.15) is 44.4 Å². The van der Waals surface area contributed by atoms with Crippen molar-refractivity contribution in [3.05, 3.63) is 94.0 Å². The van der Waals surface area contributed by atoms with E-state index in [-0.39, 0.29) is 23.3 Å². The van der Waals surface area contributed by atoms with Crippen LogP contribution in [0.15, 0.2) is 82.1 Å². The van der Waals surface area contributed by atoms with E-state index in [1.165, 1.54) is 24.4 Å². The first-order valence-corrected chi connectivity index (χ1v) is 13.3. The molecule has 0 bridgehead atoms. The zero-order valence-electron chi connectivity index (χ0n) is 22.1. The fourth-order valence-electron chi connectivity index (χ4n) is 3.44. The van der Waals surface area contributed by atoms with E-state index in [9.17, 15) is 9.60 Å². The third kappa shape index (κ3) is 9.97. The van der Waals surface area contributed by atoms with Crippen LogP contribution in [0.2, 0.25) is 0 Å². The summed E-state index contributed by atoms with van der Waals surface area (Å²) in [5, 5.41) is 20.4. The van der Waals surface area contributed by atoms with Crippen molar-refractivity contribution in [3.63, 3.8) is 0 Å². The van der Waals surface area contributed by atoms with Crippen molar-refractivity contribution >= 4 is 49.9 Å². The molecule has 2 aromatic rings. The highest BCUT2D eigenvalue weighted by Gasteiger charge is 2.19. The lowest BCUT2D eigenvalue weighted by atomic mass is 9.99. The van der Waals surface area contributed by atoms with Crippen molar-refractivity contribution < 1.29 is 14.3 Å². The molecule has 0 saturated carbocycles. The van der Waals surface area contributed by atoms with E-state index in [4.69, 9.17) is 27.5 Å². The molecule has 0 aliphatic rings. The summed E-state index contributed by atoms with van der Waals surface area (Å²) in [5.74, 6) is -0.128. The number of nitrogens with one attached hydrogen (secondary N) is 3. The second-order valence-electron chi connectivity index (χ2n) is 8.31. The van der Waals surface area contributed by atoms with Gasteiger partial charge in [0.1, 0.15) is 17.1 Å². The normalized spacial score (nSPS) is 13.6. The average molecular weight is 620 g/mol. The van der Waals surface area contributed by atoms with Crippen molar-refractivity contribution in [2.75, 3.05) is 18.6 Å². The Balaban J connectivity index is 2.47. The van der Waals surface area contributed by atoms with Crippen LogP contribution in [0.5, 0.6) is 5.75 Å². The Morgan fingerprint density at radius 1 is 1.38 bits per heavy atom. The molecule has 2 rings (SSSR count). The molecule has 1 atom stereocenters. The van der Waals surface area contributed by atoms with Crippen LogP contribution >= 0.6 is 27.5 Å². The molecule has 0 spiro atoms. The lowest BCUT2D eigenvalue weighted by Gasteiger charge is -2.22. The Bertz CT molecular complexity index is 1310. The fourth-order valence-corrected chi connectivity index (χ4v) is 3.85. The Kier molecular flexibility index (Phi) is 12.9. The minimum atomic E-state index is -0.692. The molecule has 0 aliphatic carbocycles. The SMILES string of the molecule is C=C/C(=C\C)CN=C(C=C(N)CC)CN/C(=C\C(=N)Cl)c1ccc(F)cc1[C@@H](C)Oc1cc(Br)cnc1NO. The lowest BCUT2D eigenvalue weighted by molar-refractivity contribution is 0.224. The van der Waals surface area contributed by atoms with Crippen molar-refractivity contribution in [2.45, 2.75) is 33.3 Å². The number of aromatic nitrogens is 1. The summed E-state index contributed by atoms with van der Waals surface area (Å²) in [5.41, 5.74) is 11.9. The van der Waals surface area contributed by atoms with Gasteiger partial charge in [-0.05, 0) is 78.2 Å². The molecule has 0 unspecified atom stereocenters. The Labute approximate surface area is 241 Å². The van der Waals surface area contributed by atoms with Gasteiger partial charge in [0.15, 0.2) is 11.6 Å². The Hall–Kier alpha value is -3.47. The zero-order chi connectivity index (χ0) is 28.9. The maximum atomic E-state index is 14.4. The standard InChI is InChI=1S/C28H33BrClFN6O2/c1-5-18(6-2)14-34-22(12-21(32)7-3)16-35-25(13-27(30)33)23-9-8-20(31)11-24(23)17(4)39-26-10-19(29)15-36-28(26)37-38/h5-6,8-13,15,17,33,35,38H,1,7,14,16,32H2,2-4H3,(H,36,37)/b18-6+,21-12?,25-13-,33-27?,34-22?/t17-/m1/s1. The number of nitrogens with two attached hydrogens (primary N) is 1. The van der Waals surface area contributed by atoms with Crippen LogP contribution in [-0.4, -0.2) is 34.2 Å². The highest BCUT2D eigenvalue weighted by Crippen LogP contribution is 2.33. The summed E-state index contributed by atoms with van der Waals surface area (Å²) >= 11 is 9.30. The summed E-state index contributed by atoms with van der Waals surface area (Å²) in [7, 11) is 0. The van der Waals surface area contributed by atoms with E-state index in [1.807, 2.05) is 25.4 Å². The largest absolute Gasteiger partial charge is 0.482 e. The molecule has 6 N–H and O–H groups in total. The number of hydrogen-bond donors (Lipinski definition) is 5. The molecule has 1 heterocycles. The number of halogens is 3. The third-order valence-electron chi connectivity index (χ3n) is 5.56. The minimum Gasteiger partial charge on any atom is -0.482 e. The fraction of sp³-hybridized carbons (Fsp3) is 0.250. The van der Waals surface area contributed by atoms with E-state index in [0.29, 0.717) is 45.7 Å². The van der Waals surface area contributed by atoms with Crippen LogP contribution < -0.4 is 21.3 Å². The van der Waals surface area contributed by atoms with E-state index < -0.39 is 11.9 Å². The monoisotopic (exact) mass is 618 g/mol. The highest BCUT2D eigenvalue weighted by molar-refractivity contribution is 9.10. The quantitative estimate of drug-likeness (QED) is 0.0889. The molecule has 208 valence electrons. The van der Waals surface area contributed by atoms with Crippen molar-refractivity contribution in [2.24, 2.45) is 10.7 Å². The second-order valence-corrected chi connectivity index (χ2v) is 9.63. The topological polar surface area (TPSA) is 129 Å². The zero-order valence-corrected chi connectivity index (χ0v) is 24.4. The van der Waals surface area contributed by atoms with Crippen LogP contribution in [0.3, 0.4) is 0 Å². The molecular weight excluding hydrogens is 587 g/mol. The first kappa shape index (κ1) is 31.7. The molecule has 0 radical (unpaired) electrons. The van der Waals surface area contributed by atoms with E-state index >= 15 is 0 Å². The predicted molar refractivity (Wildman–Crippen MR) is 161 cm³/mol. The number of hydrogen-bond acceptors (Lipinski definition) is 8. The van der Waals surface area contributed by atoms with Gasteiger partial charge in [-0.25, -0.2) is 14.9 Å². The lowest BCUT2D eigenvalue weighted by Crippen LogP contribution is -2.23. The number of benzene rings is 1. The number of nitrogens with zero attached hydrogens (tertiary/aromatic N) is 2.